The summed E-state index contributed by atoms with van der Waals surface area (Å²) in [6, 6.07) is 5.91. The van der Waals surface area contributed by atoms with E-state index in [2.05, 4.69) is 10.3 Å². The minimum Gasteiger partial charge on any atom is -0.326 e. The van der Waals surface area contributed by atoms with Gasteiger partial charge in [-0.1, -0.05) is 6.07 Å². The molecule has 5 heteroatoms. The highest BCUT2D eigenvalue weighted by Gasteiger charge is 2.18. The van der Waals surface area contributed by atoms with Crippen molar-refractivity contribution in [3.63, 3.8) is 0 Å². The van der Waals surface area contributed by atoms with Gasteiger partial charge in [-0.25, -0.2) is 4.98 Å². The zero-order valence-electron chi connectivity index (χ0n) is 8.87. The molecule has 3 rings (SSSR count). The number of thiazole rings is 1. The Hall–Kier alpha value is -1.39. The molecule has 2 aromatic rings. The van der Waals surface area contributed by atoms with E-state index in [1.54, 1.807) is 11.3 Å². The van der Waals surface area contributed by atoms with E-state index in [0.29, 0.717) is 12.3 Å². The van der Waals surface area contributed by atoms with Crippen LogP contribution in [0.15, 0.2) is 23.6 Å². The monoisotopic (exact) mass is 264 g/mol. The van der Waals surface area contributed by atoms with E-state index < -0.39 is 0 Å². The molecule has 0 saturated carbocycles. The van der Waals surface area contributed by atoms with E-state index >= 15 is 0 Å². The third-order valence-electron chi connectivity index (χ3n) is 2.69. The molecule has 1 aromatic heterocycles. The Bertz CT molecular complexity index is 594. The third kappa shape index (κ3) is 1.94. The van der Waals surface area contributed by atoms with Gasteiger partial charge in [-0.15, -0.1) is 22.9 Å². The fourth-order valence-electron chi connectivity index (χ4n) is 1.89. The Kier molecular flexibility index (Phi) is 2.61. The van der Waals surface area contributed by atoms with Crippen molar-refractivity contribution in [2.75, 3.05) is 5.32 Å². The molecule has 0 fully saturated rings. The first-order valence-electron chi connectivity index (χ1n) is 5.20. The van der Waals surface area contributed by atoms with Gasteiger partial charge in [-0.3, -0.25) is 4.79 Å². The first kappa shape index (κ1) is 10.7. The summed E-state index contributed by atoms with van der Waals surface area (Å²) in [4.78, 5) is 15.7. The fourth-order valence-corrected chi connectivity index (χ4v) is 2.79. The van der Waals surface area contributed by atoms with Gasteiger partial charge in [0.15, 0.2) is 0 Å². The van der Waals surface area contributed by atoms with Gasteiger partial charge in [0.1, 0.15) is 5.01 Å². The number of nitrogens with one attached hydrogen (secondary N) is 1. The van der Waals surface area contributed by atoms with Crippen molar-refractivity contribution in [1.29, 1.82) is 0 Å². The summed E-state index contributed by atoms with van der Waals surface area (Å²) in [5, 5.41) is 5.72. The Morgan fingerprint density at radius 1 is 1.47 bits per heavy atom. The lowest BCUT2D eigenvalue weighted by atomic mass is 10.1. The van der Waals surface area contributed by atoms with Crippen LogP contribution in [-0.4, -0.2) is 10.9 Å². The second kappa shape index (κ2) is 4.13. The second-order valence-corrected chi connectivity index (χ2v) is 5.07. The summed E-state index contributed by atoms with van der Waals surface area (Å²) in [5.41, 5.74) is 3.90. The standard InChI is InChI=1S/C12H9ClN2OS/c13-5-12-15-10(6-17-12)7-1-2-9-8(3-7)4-11(16)14-9/h1-3,6H,4-5H2,(H,14,16). The van der Waals surface area contributed by atoms with Crippen LogP contribution in [0.4, 0.5) is 5.69 Å². The molecule has 0 aliphatic carbocycles. The molecule has 0 saturated heterocycles. The highest BCUT2D eigenvalue weighted by atomic mass is 35.5. The number of benzene rings is 1. The maximum absolute atomic E-state index is 11.3. The molecule has 1 aliphatic rings. The molecule has 1 aliphatic heterocycles. The van der Waals surface area contributed by atoms with Crippen LogP contribution in [0.2, 0.25) is 0 Å². The molecule has 0 spiro atoms. The van der Waals surface area contributed by atoms with Gasteiger partial charge in [0.2, 0.25) is 5.91 Å². The first-order chi connectivity index (χ1) is 8.26. The quantitative estimate of drug-likeness (QED) is 0.847. The average Bonchev–Trinajstić information content (AvgIpc) is 2.92. The number of hydrogen-bond donors (Lipinski definition) is 1. The van der Waals surface area contributed by atoms with Gasteiger partial charge in [-0.05, 0) is 17.7 Å². The van der Waals surface area contributed by atoms with Crippen LogP contribution in [0.3, 0.4) is 0 Å². The van der Waals surface area contributed by atoms with Crippen LogP contribution in [-0.2, 0) is 17.1 Å². The van der Waals surface area contributed by atoms with Crippen molar-refractivity contribution in [3.8, 4) is 11.3 Å². The fraction of sp³-hybridized carbons (Fsp3) is 0.167. The third-order valence-corrected chi connectivity index (χ3v) is 3.95. The van der Waals surface area contributed by atoms with Gasteiger partial charge >= 0.3 is 0 Å². The van der Waals surface area contributed by atoms with E-state index in [9.17, 15) is 4.79 Å². The zero-order chi connectivity index (χ0) is 11.8. The average molecular weight is 265 g/mol. The normalized spacial score (nSPS) is 13.6. The van der Waals surface area contributed by atoms with E-state index in [-0.39, 0.29) is 5.91 Å². The van der Waals surface area contributed by atoms with Crippen LogP contribution >= 0.6 is 22.9 Å². The zero-order valence-corrected chi connectivity index (χ0v) is 10.4. The van der Waals surface area contributed by atoms with Crippen LogP contribution in [0.1, 0.15) is 10.6 Å². The Morgan fingerprint density at radius 2 is 2.35 bits per heavy atom. The van der Waals surface area contributed by atoms with Crippen molar-refractivity contribution in [1.82, 2.24) is 4.98 Å². The first-order valence-corrected chi connectivity index (χ1v) is 6.61. The van der Waals surface area contributed by atoms with E-state index in [1.807, 2.05) is 23.6 Å². The van der Waals surface area contributed by atoms with Crippen LogP contribution in [0.5, 0.6) is 0 Å². The number of hydrogen-bond acceptors (Lipinski definition) is 3. The van der Waals surface area contributed by atoms with Gasteiger partial charge in [0.25, 0.3) is 0 Å². The molecule has 0 unspecified atom stereocenters. The number of fused-ring (bicyclic) bond motifs is 1. The predicted octanol–water partition coefficient (Wildman–Crippen LogP) is 3.04. The van der Waals surface area contributed by atoms with Crippen molar-refractivity contribution in [2.24, 2.45) is 0 Å². The highest BCUT2D eigenvalue weighted by molar-refractivity contribution is 7.10. The van der Waals surface area contributed by atoms with Crippen molar-refractivity contribution in [3.05, 3.63) is 34.2 Å². The summed E-state index contributed by atoms with van der Waals surface area (Å²) >= 11 is 7.29. The molecule has 1 N–H and O–H groups in total. The smallest absolute Gasteiger partial charge is 0.228 e. The largest absolute Gasteiger partial charge is 0.326 e. The van der Waals surface area contributed by atoms with Crippen molar-refractivity contribution >= 4 is 34.5 Å². The molecule has 2 heterocycles. The minimum atomic E-state index is 0.0527. The number of rotatable bonds is 2. The van der Waals surface area contributed by atoms with E-state index in [0.717, 1.165) is 27.5 Å². The number of carbonyl (C=O) groups excluding carboxylic acids is 1. The minimum absolute atomic E-state index is 0.0527. The van der Waals surface area contributed by atoms with E-state index in [4.69, 9.17) is 11.6 Å². The number of carbonyl (C=O) groups is 1. The SMILES string of the molecule is O=C1Cc2cc(-c3csc(CCl)n3)ccc2N1. The summed E-state index contributed by atoms with van der Waals surface area (Å²) in [6.07, 6.45) is 0.454. The summed E-state index contributed by atoms with van der Waals surface area (Å²) in [6.45, 7) is 0. The highest BCUT2D eigenvalue weighted by Crippen LogP contribution is 2.29. The predicted molar refractivity (Wildman–Crippen MR) is 69.4 cm³/mol. The molecule has 17 heavy (non-hydrogen) atoms. The number of halogens is 1. The molecule has 0 atom stereocenters. The molecule has 0 bridgehead atoms. The number of nitrogens with zero attached hydrogens (tertiary/aromatic N) is 1. The molecule has 1 aromatic carbocycles. The van der Waals surface area contributed by atoms with Crippen LogP contribution in [0.25, 0.3) is 11.3 Å². The van der Waals surface area contributed by atoms with Crippen molar-refractivity contribution in [2.45, 2.75) is 12.3 Å². The van der Waals surface area contributed by atoms with Gasteiger partial charge in [0, 0.05) is 16.6 Å². The molecular weight excluding hydrogens is 256 g/mol. The molecule has 86 valence electrons. The Balaban J connectivity index is 1.99. The van der Waals surface area contributed by atoms with Crippen LogP contribution in [0, 0.1) is 0 Å². The summed E-state index contributed by atoms with van der Waals surface area (Å²) in [5.74, 6) is 0.493. The second-order valence-electron chi connectivity index (χ2n) is 3.86. The summed E-state index contributed by atoms with van der Waals surface area (Å²) < 4.78 is 0. The lowest BCUT2D eigenvalue weighted by Crippen LogP contribution is -2.03. The number of anilines is 1. The van der Waals surface area contributed by atoms with E-state index in [1.165, 1.54) is 0 Å². The van der Waals surface area contributed by atoms with Gasteiger partial charge < -0.3 is 5.32 Å². The number of aromatic nitrogens is 1. The molecule has 0 radical (unpaired) electrons. The Labute approximate surface area is 107 Å². The lowest BCUT2D eigenvalue weighted by Gasteiger charge is -2.01. The lowest BCUT2D eigenvalue weighted by molar-refractivity contribution is -0.115. The number of alkyl halides is 1. The Morgan fingerprint density at radius 3 is 3.12 bits per heavy atom. The topological polar surface area (TPSA) is 42.0 Å². The molecule has 3 nitrogen and oxygen atoms in total. The number of amides is 1. The maximum Gasteiger partial charge on any atom is 0.228 e. The van der Waals surface area contributed by atoms with Gasteiger partial charge in [-0.2, -0.15) is 0 Å². The van der Waals surface area contributed by atoms with Crippen molar-refractivity contribution < 1.29 is 4.79 Å². The summed E-state index contributed by atoms with van der Waals surface area (Å²) in [7, 11) is 0. The molecule has 1 amide bonds. The molecular formula is C12H9ClN2OS. The van der Waals surface area contributed by atoms with Gasteiger partial charge in [0.05, 0.1) is 18.0 Å². The maximum atomic E-state index is 11.3. The van der Waals surface area contributed by atoms with Crippen LogP contribution < -0.4 is 5.32 Å².